The number of urea groups is 1. The first-order valence-electron chi connectivity index (χ1n) is 8.12. The highest BCUT2D eigenvalue weighted by molar-refractivity contribution is 6.30. The molecule has 8 nitrogen and oxygen atoms in total. The highest BCUT2D eigenvalue weighted by Gasteiger charge is 2.13. The molecule has 3 aromatic rings. The summed E-state index contributed by atoms with van der Waals surface area (Å²) in [6.45, 7) is 3.60. The van der Waals surface area contributed by atoms with Crippen molar-refractivity contribution >= 4 is 29.2 Å². The molecule has 0 saturated carbocycles. The van der Waals surface area contributed by atoms with Crippen LogP contribution in [0.15, 0.2) is 42.5 Å². The first-order valence-corrected chi connectivity index (χ1v) is 8.50. The highest BCUT2D eigenvalue weighted by Crippen LogP contribution is 2.17. The van der Waals surface area contributed by atoms with E-state index in [4.69, 9.17) is 11.6 Å². The molecular formula is C18H17ClN6O2. The van der Waals surface area contributed by atoms with Crippen molar-refractivity contribution in [2.24, 2.45) is 0 Å². The Morgan fingerprint density at radius 2 is 1.85 bits per heavy atom. The lowest BCUT2D eigenvalue weighted by molar-refractivity contribution is -0.120. The van der Waals surface area contributed by atoms with Crippen molar-refractivity contribution in [3.05, 3.63) is 58.6 Å². The third-order valence-corrected chi connectivity index (χ3v) is 3.98. The maximum absolute atomic E-state index is 12.0. The molecule has 1 heterocycles. The second kappa shape index (κ2) is 7.96. The van der Waals surface area contributed by atoms with E-state index in [2.05, 4.69) is 26.0 Å². The molecule has 0 aliphatic carbocycles. The molecule has 0 aliphatic heterocycles. The van der Waals surface area contributed by atoms with Crippen LogP contribution in [0.4, 0.5) is 10.5 Å². The Bertz CT molecular complexity index is 984. The monoisotopic (exact) mass is 384 g/mol. The number of aromatic nitrogens is 4. The molecule has 3 amide bonds. The standard InChI is InChI=1S/C18H17ClN6O2/c1-11-3-8-15(12(2)9-11)20-18(27)21-16(26)10-25-23-17(22-24-25)13-4-6-14(19)7-5-13/h3-9H,10H2,1-2H3,(H2,20,21,26,27). The van der Waals surface area contributed by atoms with E-state index in [0.29, 0.717) is 16.5 Å². The van der Waals surface area contributed by atoms with Crippen LogP contribution < -0.4 is 10.6 Å². The van der Waals surface area contributed by atoms with Crippen molar-refractivity contribution in [1.82, 2.24) is 25.5 Å². The van der Waals surface area contributed by atoms with E-state index in [-0.39, 0.29) is 6.54 Å². The van der Waals surface area contributed by atoms with Crippen molar-refractivity contribution in [2.45, 2.75) is 20.4 Å². The molecule has 0 bridgehead atoms. The van der Waals surface area contributed by atoms with Crippen molar-refractivity contribution < 1.29 is 9.59 Å². The van der Waals surface area contributed by atoms with E-state index in [0.717, 1.165) is 21.5 Å². The van der Waals surface area contributed by atoms with Gasteiger partial charge in [-0.1, -0.05) is 29.3 Å². The van der Waals surface area contributed by atoms with Gasteiger partial charge in [0.1, 0.15) is 6.54 Å². The molecule has 0 aliphatic rings. The van der Waals surface area contributed by atoms with Gasteiger partial charge in [0.05, 0.1) is 0 Å². The van der Waals surface area contributed by atoms with Gasteiger partial charge in [0.15, 0.2) is 0 Å². The van der Waals surface area contributed by atoms with Gasteiger partial charge in [-0.2, -0.15) is 4.80 Å². The zero-order chi connectivity index (χ0) is 19.4. The number of imide groups is 1. The molecule has 0 saturated heterocycles. The second-order valence-electron chi connectivity index (χ2n) is 5.97. The summed E-state index contributed by atoms with van der Waals surface area (Å²) >= 11 is 5.84. The molecule has 27 heavy (non-hydrogen) atoms. The number of hydrogen-bond acceptors (Lipinski definition) is 5. The molecule has 138 valence electrons. The van der Waals surface area contributed by atoms with Gasteiger partial charge in [-0.15, -0.1) is 10.2 Å². The Labute approximate surface area is 160 Å². The number of benzene rings is 2. The highest BCUT2D eigenvalue weighted by atomic mass is 35.5. The third-order valence-electron chi connectivity index (χ3n) is 3.72. The van der Waals surface area contributed by atoms with E-state index in [1.54, 1.807) is 30.3 Å². The second-order valence-corrected chi connectivity index (χ2v) is 6.41. The third kappa shape index (κ3) is 4.89. The molecule has 3 rings (SSSR count). The van der Waals surface area contributed by atoms with Crippen molar-refractivity contribution in [3.63, 3.8) is 0 Å². The van der Waals surface area contributed by atoms with Gasteiger partial charge >= 0.3 is 6.03 Å². The molecule has 1 aromatic heterocycles. The van der Waals surface area contributed by atoms with Crippen molar-refractivity contribution in [2.75, 3.05) is 5.32 Å². The summed E-state index contributed by atoms with van der Waals surface area (Å²) in [4.78, 5) is 25.1. The van der Waals surface area contributed by atoms with E-state index < -0.39 is 11.9 Å². The van der Waals surface area contributed by atoms with Crippen molar-refractivity contribution in [1.29, 1.82) is 0 Å². The maximum atomic E-state index is 12.0. The van der Waals surface area contributed by atoms with Gasteiger partial charge in [0.2, 0.25) is 5.82 Å². The van der Waals surface area contributed by atoms with E-state index >= 15 is 0 Å². The van der Waals surface area contributed by atoms with Crippen LogP contribution in [-0.4, -0.2) is 32.1 Å². The molecule has 2 aromatic carbocycles. The molecule has 0 fully saturated rings. The molecule has 0 spiro atoms. The van der Waals surface area contributed by atoms with E-state index in [1.807, 2.05) is 26.0 Å². The average molecular weight is 385 g/mol. The Balaban J connectivity index is 1.57. The van der Waals surface area contributed by atoms with Gasteiger partial charge in [-0.25, -0.2) is 4.79 Å². The minimum absolute atomic E-state index is 0.235. The predicted molar refractivity (Wildman–Crippen MR) is 101 cm³/mol. The van der Waals surface area contributed by atoms with Crippen LogP contribution in [0.1, 0.15) is 11.1 Å². The van der Waals surface area contributed by atoms with E-state index in [9.17, 15) is 9.59 Å². The Hall–Kier alpha value is -3.26. The van der Waals surface area contributed by atoms with Gasteiger partial charge in [-0.05, 0) is 55.0 Å². The number of hydrogen-bond donors (Lipinski definition) is 2. The normalized spacial score (nSPS) is 10.5. The summed E-state index contributed by atoms with van der Waals surface area (Å²) < 4.78 is 0. The zero-order valence-corrected chi connectivity index (χ0v) is 15.5. The summed E-state index contributed by atoms with van der Waals surface area (Å²) in [5, 5.41) is 17.3. The largest absolute Gasteiger partial charge is 0.325 e. The summed E-state index contributed by atoms with van der Waals surface area (Å²) in [5.41, 5.74) is 3.35. The Morgan fingerprint density at radius 3 is 2.56 bits per heavy atom. The zero-order valence-electron chi connectivity index (χ0n) is 14.7. The maximum Gasteiger partial charge on any atom is 0.325 e. The molecule has 0 atom stereocenters. The first kappa shape index (κ1) is 18.5. The van der Waals surface area contributed by atoms with Crippen molar-refractivity contribution in [3.8, 4) is 11.4 Å². The smallest absolute Gasteiger partial charge is 0.307 e. The Kier molecular flexibility index (Phi) is 5.46. The number of carbonyl (C=O) groups excluding carboxylic acids is 2. The van der Waals surface area contributed by atoms with Gasteiger partial charge in [-0.3, -0.25) is 10.1 Å². The number of nitrogens with one attached hydrogen (secondary N) is 2. The summed E-state index contributed by atoms with van der Waals surface area (Å²) in [6, 6.07) is 11.9. The van der Waals surface area contributed by atoms with Crippen LogP contribution in [0.2, 0.25) is 5.02 Å². The summed E-state index contributed by atoms with van der Waals surface area (Å²) in [6.07, 6.45) is 0. The first-order chi connectivity index (χ1) is 12.9. The van der Waals surface area contributed by atoms with Gasteiger partial charge < -0.3 is 5.32 Å². The number of tetrazole rings is 1. The number of halogens is 1. The summed E-state index contributed by atoms with van der Waals surface area (Å²) in [5.74, 6) is -0.198. The molecule has 0 radical (unpaired) electrons. The average Bonchev–Trinajstić information content (AvgIpc) is 3.06. The number of anilines is 1. The molecular weight excluding hydrogens is 368 g/mol. The molecule has 2 N–H and O–H groups in total. The fraction of sp³-hybridized carbons (Fsp3) is 0.167. The number of carbonyl (C=O) groups is 2. The van der Waals surface area contributed by atoms with Crippen LogP contribution in [0, 0.1) is 13.8 Å². The molecule has 9 heteroatoms. The minimum atomic E-state index is -0.620. The fourth-order valence-electron chi connectivity index (χ4n) is 2.43. The number of aryl methyl sites for hydroxylation is 2. The lowest BCUT2D eigenvalue weighted by atomic mass is 10.1. The lowest BCUT2D eigenvalue weighted by Gasteiger charge is -2.09. The fourth-order valence-corrected chi connectivity index (χ4v) is 2.55. The van der Waals surface area contributed by atoms with Crippen LogP contribution >= 0.6 is 11.6 Å². The van der Waals surface area contributed by atoms with Crippen LogP contribution in [0.3, 0.4) is 0 Å². The summed E-state index contributed by atoms with van der Waals surface area (Å²) in [7, 11) is 0. The number of nitrogens with zero attached hydrogens (tertiary/aromatic N) is 4. The Morgan fingerprint density at radius 1 is 1.11 bits per heavy atom. The van der Waals surface area contributed by atoms with Crippen LogP contribution in [0.25, 0.3) is 11.4 Å². The quantitative estimate of drug-likeness (QED) is 0.720. The lowest BCUT2D eigenvalue weighted by Crippen LogP contribution is -2.37. The minimum Gasteiger partial charge on any atom is -0.307 e. The van der Waals surface area contributed by atoms with E-state index in [1.165, 1.54) is 0 Å². The topological polar surface area (TPSA) is 102 Å². The van der Waals surface area contributed by atoms with Gasteiger partial charge in [0, 0.05) is 16.3 Å². The number of rotatable bonds is 4. The van der Waals surface area contributed by atoms with Crippen LogP contribution in [-0.2, 0) is 11.3 Å². The van der Waals surface area contributed by atoms with Gasteiger partial charge in [0.25, 0.3) is 5.91 Å². The molecule has 0 unspecified atom stereocenters. The van der Waals surface area contributed by atoms with Crippen LogP contribution in [0.5, 0.6) is 0 Å². The number of amides is 3. The predicted octanol–water partition coefficient (Wildman–Crippen LogP) is 2.96. The SMILES string of the molecule is Cc1ccc(NC(=O)NC(=O)Cn2nnc(-c3ccc(Cl)cc3)n2)c(C)c1.